The average Bonchev–Trinajstić information content (AvgIpc) is 2.41. The highest BCUT2D eigenvalue weighted by atomic mass is 79.9. The second kappa shape index (κ2) is 6.29. The number of halogens is 2. The summed E-state index contributed by atoms with van der Waals surface area (Å²) >= 11 is 9.49. The van der Waals surface area contributed by atoms with Gasteiger partial charge in [-0.3, -0.25) is 4.79 Å². The summed E-state index contributed by atoms with van der Waals surface area (Å²) in [7, 11) is 1.74. The molecule has 0 spiro atoms. The van der Waals surface area contributed by atoms with Crippen molar-refractivity contribution < 1.29 is 4.79 Å². The third kappa shape index (κ3) is 3.32. The van der Waals surface area contributed by atoms with Gasteiger partial charge in [-0.1, -0.05) is 45.7 Å². The Labute approximate surface area is 131 Å². The fraction of sp³-hybridized carbons (Fsp3) is 0.133. The third-order valence-electron chi connectivity index (χ3n) is 2.91. The van der Waals surface area contributed by atoms with Gasteiger partial charge in [0.25, 0.3) is 5.91 Å². The molecule has 0 aliphatic rings. The minimum absolute atomic E-state index is 0.151. The van der Waals surface area contributed by atoms with Gasteiger partial charge in [-0.15, -0.1) is 0 Å². The molecule has 1 amide bonds. The van der Waals surface area contributed by atoms with Crippen molar-refractivity contribution in [1.82, 2.24) is 4.90 Å². The van der Waals surface area contributed by atoms with Crippen molar-refractivity contribution in [2.75, 3.05) is 12.8 Å². The fourth-order valence-electron chi connectivity index (χ4n) is 1.90. The second-order valence-electron chi connectivity index (χ2n) is 4.50. The van der Waals surface area contributed by atoms with Crippen LogP contribution in [0.15, 0.2) is 46.9 Å². The molecule has 5 heteroatoms. The molecule has 2 N–H and O–H groups in total. The minimum atomic E-state index is -0.151. The molecule has 0 unspecified atom stereocenters. The van der Waals surface area contributed by atoms with Crippen LogP contribution in [-0.4, -0.2) is 17.9 Å². The van der Waals surface area contributed by atoms with E-state index in [2.05, 4.69) is 15.9 Å². The lowest BCUT2D eigenvalue weighted by Crippen LogP contribution is -2.26. The summed E-state index contributed by atoms with van der Waals surface area (Å²) in [6, 6.07) is 12.9. The van der Waals surface area contributed by atoms with Gasteiger partial charge < -0.3 is 10.6 Å². The summed E-state index contributed by atoms with van der Waals surface area (Å²) < 4.78 is 0.984. The van der Waals surface area contributed by atoms with E-state index in [0.29, 0.717) is 22.8 Å². The van der Waals surface area contributed by atoms with E-state index >= 15 is 0 Å². The predicted molar refractivity (Wildman–Crippen MR) is 85.8 cm³/mol. The maximum atomic E-state index is 12.4. The predicted octanol–water partition coefficient (Wildman–Crippen LogP) is 3.96. The van der Waals surface area contributed by atoms with Crippen molar-refractivity contribution in [3.63, 3.8) is 0 Å². The number of carbonyl (C=O) groups is 1. The van der Waals surface area contributed by atoms with E-state index in [9.17, 15) is 4.79 Å². The fourth-order valence-corrected chi connectivity index (χ4v) is 2.56. The molecular formula is C15H14BrClN2O. The van der Waals surface area contributed by atoms with Crippen LogP contribution in [0, 0.1) is 0 Å². The number of hydrogen-bond donors (Lipinski definition) is 1. The van der Waals surface area contributed by atoms with E-state index in [0.717, 1.165) is 10.0 Å². The highest BCUT2D eigenvalue weighted by Gasteiger charge is 2.16. The van der Waals surface area contributed by atoms with Crippen LogP contribution in [0.2, 0.25) is 5.02 Å². The number of hydrogen-bond acceptors (Lipinski definition) is 2. The number of amides is 1. The molecule has 0 aliphatic carbocycles. The number of nitrogens with zero attached hydrogens (tertiary/aromatic N) is 1. The van der Waals surface area contributed by atoms with Crippen molar-refractivity contribution in [2.24, 2.45) is 0 Å². The minimum Gasteiger partial charge on any atom is -0.398 e. The second-order valence-corrected chi connectivity index (χ2v) is 5.79. The molecule has 0 bridgehead atoms. The van der Waals surface area contributed by atoms with Crippen LogP contribution in [0.4, 0.5) is 5.69 Å². The van der Waals surface area contributed by atoms with Crippen molar-refractivity contribution in [2.45, 2.75) is 6.54 Å². The Bertz CT molecular complexity index is 646. The summed E-state index contributed by atoms with van der Waals surface area (Å²) in [6.07, 6.45) is 0. The van der Waals surface area contributed by atoms with Gasteiger partial charge in [-0.05, 0) is 29.8 Å². The Morgan fingerprint density at radius 1 is 1.30 bits per heavy atom. The number of nitrogens with two attached hydrogens (primary N) is 1. The average molecular weight is 354 g/mol. The molecule has 0 saturated heterocycles. The van der Waals surface area contributed by atoms with Crippen LogP contribution < -0.4 is 5.73 Å². The van der Waals surface area contributed by atoms with Gasteiger partial charge in [0.1, 0.15) is 0 Å². The Morgan fingerprint density at radius 2 is 2.00 bits per heavy atom. The summed E-state index contributed by atoms with van der Waals surface area (Å²) in [5.41, 5.74) is 7.59. The molecule has 0 radical (unpaired) electrons. The number of rotatable bonds is 3. The van der Waals surface area contributed by atoms with Gasteiger partial charge in [0.15, 0.2) is 0 Å². The SMILES string of the molecule is CN(Cc1cccc(Br)c1)C(=O)c1cccc(N)c1Cl. The lowest BCUT2D eigenvalue weighted by atomic mass is 10.1. The van der Waals surface area contributed by atoms with Gasteiger partial charge >= 0.3 is 0 Å². The van der Waals surface area contributed by atoms with Gasteiger partial charge in [0.05, 0.1) is 16.3 Å². The number of carbonyl (C=O) groups excluding carboxylic acids is 1. The Hall–Kier alpha value is -1.52. The number of nitrogen functional groups attached to an aromatic ring is 1. The summed E-state index contributed by atoms with van der Waals surface area (Å²) in [6.45, 7) is 0.503. The van der Waals surface area contributed by atoms with Crippen LogP contribution in [0.1, 0.15) is 15.9 Å². The van der Waals surface area contributed by atoms with Gasteiger partial charge in [0.2, 0.25) is 0 Å². The highest BCUT2D eigenvalue weighted by molar-refractivity contribution is 9.10. The van der Waals surface area contributed by atoms with E-state index in [1.807, 2.05) is 24.3 Å². The molecule has 104 valence electrons. The van der Waals surface area contributed by atoms with E-state index in [1.165, 1.54) is 0 Å². The first kappa shape index (κ1) is 14.9. The smallest absolute Gasteiger partial charge is 0.255 e. The molecule has 3 nitrogen and oxygen atoms in total. The van der Waals surface area contributed by atoms with Crippen molar-refractivity contribution in [1.29, 1.82) is 0 Å². The molecular weight excluding hydrogens is 340 g/mol. The first-order chi connectivity index (χ1) is 9.49. The molecule has 2 aromatic rings. The van der Waals surface area contributed by atoms with Crippen LogP contribution in [0.5, 0.6) is 0 Å². The monoisotopic (exact) mass is 352 g/mol. The molecule has 0 fully saturated rings. The number of benzene rings is 2. The largest absolute Gasteiger partial charge is 0.398 e. The van der Waals surface area contributed by atoms with E-state index in [1.54, 1.807) is 30.1 Å². The summed E-state index contributed by atoms with van der Waals surface area (Å²) in [5, 5.41) is 0.304. The molecule has 0 saturated carbocycles. The van der Waals surface area contributed by atoms with Gasteiger partial charge in [0, 0.05) is 18.1 Å². The van der Waals surface area contributed by atoms with Gasteiger partial charge in [-0.2, -0.15) is 0 Å². The maximum Gasteiger partial charge on any atom is 0.255 e. The van der Waals surface area contributed by atoms with Crippen molar-refractivity contribution in [3.8, 4) is 0 Å². The standard InChI is InChI=1S/C15H14BrClN2O/c1-19(9-10-4-2-5-11(16)8-10)15(20)12-6-3-7-13(18)14(12)17/h2-8H,9,18H2,1H3. The van der Waals surface area contributed by atoms with E-state index < -0.39 is 0 Å². The zero-order valence-corrected chi connectivity index (χ0v) is 13.3. The lowest BCUT2D eigenvalue weighted by Gasteiger charge is -2.18. The van der Waals surface area contributed by atoms with Crippen LogP contribution in [-0.2, 0) is 6.54 Å². The quantitative estimate of drug-likeness (QED) is 0.849. The Morgan fingerprint density at radius 3 is 2.70 bits per heavy atom. The van der Waals surface area contributed by atoms with E-state index in [-0.39, 0.29) is 5.91 Å². The Balaban J connectivity index is 2.19. The molecule has 20 heavy (non-hydrogen) atoms. The first-order valence-electron chi connectivity index (χ1n) is 6.03. The lowest BCUT2D eigenvalue weighted by molar-refractivity contribution is 0.0785. The zero-order chi connectivity index (χ0) is 14.7. The van der Waals surface area contributed by atoms with Gasteiger partial charge in [-0.25, -0.2) is 0 Å². The molecule has 2 aromatic carbocycles. The van der Waals surface area contributed by atoms with Crippen LogP contribution >= 0.6 is 27.5 Å². The van der Waals surface area contributed by atoms with Crippen molar-refractivity contribution >= 4 is 39.1 Å². The molecule has 2 rings (SSSR count). The maximum absolute atomic E-state index is 12.4. The molecule has 0 aliphatic heterocycles. The normalized spacial score (nSPS) is 10.3. The van der Waals surface area contributed by atoms with E-state index in [4.69, 9.17) is 17.3 Å². The third-order valence-corrected chi connectivity index (χ3v) is 3.83. The topological polar surface area (TPSA) is 46.3 Å². The van der Waals surface area contributed by atoms with Crippen LogP contribution in [0.25, 0.3) is 0 Å². The zero-order valence-electron chi connectivity index (χ0n) is 10.9. The number of anilines is 1. The first-order valence-corrected chi connectivity index (χ1v) is 7.20. The summed E-state index contributed by atoms with van der Waals surface area (Å²) in [4.78, 5) is 14.0. The summed E-state index contributed by atoms with van der Waals surface area (Å²) in [5.74, 6) is -0.151. The molecule has 0 aromatic heterocycles. The Kier molecular flexibility index (Phi) is 4.68. The molecule has 0 heterocycles. The highest BCUT2D eigenvalue weighted by Crippen LogP contribution is 2.24. The van der Waals surface area contributed by atoms with Crippen LogP contribution in [0.3, 0.4) is 0 Å². The molecule has 0 atom stereocenters. The van der Waals surface area contributed by atoms with Crippen molar-refractivity contribution in [3.05, 3.63) is 63.1 Å².